The Balaban J connectivity index is 1.33. The van der Waals surface area contributed by atoms with Gasteiger partial charge >= 0.3 is 5.69 Å². The number of rotatable bonds is 5. The van der Waals surface area contributed by atoms with E-state index in [1.165, 1.54) is 0 Å². The zero-order valence-electron chi connectivity index (χ0n) is 20.1. The molecule has 3 aromatic heterocycles. The van der Waals surface area contributed by atoms with Gasteiger partial charge in [-0.3, -0.25) is 14.8 Å². The number of carbonyl (C=O) groups is 1. The van der Waals surface area contributed by atoms with E-state index in [0.29, 0.717) is 17.3 Å². The molecule has 1 saturated heterocycles. The standard InChI is InChI=1S/C24H28N8O3S/c1-30-8-7-15(12-30)31(2)23(34)19-6-5-18(36-19)16-10-20(26-14-3-4-14)32-21(27-16)13(11-25-32)9-17-22(33)29-24(35)28-17/h6,9-11,14-15,18,33H,3-5,7-8,12H2,1-2H3,(H2,28,29,35). The number of nitrogens with one attached hydrogen (secondary N) is 2. The van der Waals surface area contributed by atoms with E-state index in [0.717, 1.165) is 48.4 Å². The average Bonchev–Trinajstić information content (AvgIpc) is 3.22. The molecule has 3 N–H and O–H groups in total. The zero-order valence-corrected chi connectivity index (χ0v) is 21.0. The van der Waals surface area contributed by atoms with Crippen molar-refractivity contribution < 1.29 is 9.90 Å². The summed E-state index contributed by atoms with van der Waals surface area (Å²) >= 11 is 1.55. The number of imidazole rings is 1. The van der Waals surface area contributed by atoms with E-state index in [4.69, 9.17) is 9.98 Å². The number of thioether (sulfide) groups is 1. The predicted molar refractivity (Wildman–Crippen MR) is 135 cm³/mol. The Morgan fingerprint density at radius 1 is 1.33 bits per heavy atom. The predicted octanol–water partition coefficient (Wildman–Crippen LogP) is 0.287. The van der Waals surface area contributed by atoms with Crippen LogP contribution in [0.1, 0.15) is 42.3 Å². The molecule has 0 bridgehead atoms. The van der Waals surface area contributed by atoms with Gasteiger partial charge in [-0.15, -0.1) is 11.8 Å². The van der Waals surface area contributed by atoms with Crippen LogP contribution in [-0.4, -0.2) is 84.6 Å². The van der Waals surface area contributed by atoms with Gasteiger partial charge < -0.3 is 19.9 Å². The van der Waals surface area contributed by atoms with Crippen LogP contribution in [0.5, 0.6) is 5.88 Å². The minimum atomic E-state index is -0.492. The number of amides is 1. The summed E-state index contributed by atoms with van der Waals surface area (Å²) < 4.78 is 1.69. The number of nitrogens with zero attached hydrogens (tertiary/aromatic N) is 6. The van der Waals surface area contributed by atoms with Crippen molar-refractivity contribution in [3.63, 3.8) is 0 Å². The number of carbonyl (C=O) groups excluding carboxylic acids is 1. The number of allylic oxidation sites excluding steroid dienone is 1. The molecule has 2 unspecified atom stereocenters. The first-order chi connectivity index (χ1) is 17.4. The highest BCUT2D eigenvalue weighted by Crippen LogP contribution is 2.43. The Morgan fingerprint density at radius 2 is 2.17 bits per heavy atom. The van der Waals surface area contributed by atoms with E-state index in [-0.39, 0.29) is 34.8 Å². The fraction of sp³-hybridized carbons (Fsp3) is 0.458. The molecule has 6 rings (SSSR count). The van der Waals surface area contributed by atoms with Crippen LogP contribution in [0, 0.1) is 0 Å². The highest BCUT2D eigenvalue weighted by atomic mass is 32.2. The summed E-state index contributed by atoms with van der Waals surface area (Å²) in [5.74, 6) is -0.174. The Hall–Kier alpha value is -3.38. The van der Waals surface area contributed by atoms with Crippen LogP contribution in [0.2, 0.25) is 0 Å². The smallest absolute Gasteiger partial charge is 0.326 e. The normalized spacial score (nSPS) is 23.7. The molecule has 12 heteroatoms. The largest absolute Gasteiger partial charge is 0.493 e. The monoisotopic (exact) mass is 508 g/mol. The molecule has 3 aliphatic rings. The average molecular weight is 509 g/mol. The number of aromatic hydroxyl groups is 1. The van der Waals surface area contributed by atoms with Crippen LogP contribution < -0.4 is 16.4 Å². The van der Waals surface area contributed by atoms with E-state index >= 15 is 0 Å². The van der Waals surface area contributed by atoms with E-state index in [9.17, 15) is 14.7 Å². The lowest BCUT2D eigenvalue weighted by molar-refractivity contribution is -0.126. The number of likely N-dealkylation sites (tertiary alicyclic amines) is 1. The maximum Gasteiger partial charge on any atom is 0.326 e. The quantitative estimate of drug-likeness (QED) is 0.451. The fourth-order valence-corrected chi connectivity index (χ4v) is 5.91. The molecule has 1 aliphatic carbocycles. The summed E-state index contributed by atoms with van der Waals surface area (Å²) in [5.41, 5.74) is 1.90. The van der Waals surface area contributed by atoms with Crippen molar-refractivity contribution in [1.29, 1.82) is 0 Å². The van der Waals surface area contributed by atoms with Crippen molar-refractivity contribution in [2.45, 2.75) is 43.0 Å². The molecule has 3 aromatic rings. The summed E-state index contributed by atoms with van der Waals surface area (Å²) in [7, 11) is 3.98. The molecular weight excluding hydrogens is 480 g/mol. The second-order valence-corrected chi connectivity index (χ2v) is 11.0. The van der Waals surface area contributed by atoms with Crippen LogP contribution in [0.4, 0.5) is 0 Å². The second-order valence-electron chi connectivity index (χ2n) is 9.75. The lowest BCUT2D eigenvalue weighted by Crippen LogP contribution is -2.38. The number of hydrogen-bond donors (Lipinski definition) is 3. The maximum atomic E-state index is 13.2. The maximum absolute atomic E-state index is 13.2. The van der Waals surface area contributed by atoms with Gasteiger partial charge in [-0.25, -0.2) is 9.78 Å². The fourth-order valence-electron chi connectivity index (χ4n) is 4.73. The van der Waals surface area contributed by atoms with Crippen LogP contribution >= 0.6 is 11.8 Å². The van der Waals surface area contributed by atoms with Gasteiger partial charge in [0.2, 0.25) is 5.88 Å². The summed E-state index contributed by atoms with van der Waals surface area (Å²) in [4.78, 5) is 44.3. The molecule has 188 valence electrons. The number of aromatic amines is 2. The number of H-pyrrole nitrogens is 2. The van der Waals surface area contributed by atoms with Gasteiger partial charge in [0, 0.05) is 30.9 Å². The van der Waals surface area contributed by atoms with E-state index in [1.807, 2.05) is 24.1 Å². The van der Waals surface area contributed by atoms with Gasteiger partial charge in [0.1, 0.15) is 5.69 Å². The minimum Gasteiger partial charge on any atom is -0.493 e. The van der Waals surface area contributed by atoms with E-state index < -0.39 is 5.69 Å². The third kappa shape index (κ3) is 4.35. The lowest BCUT2D eigenvalue weighted by Gasteiger charge is -2.25. The Bertz CT molecular complexity index is 1550. The van der Waals surface area contributed by atoms with Crippen molar-refractivity contribution in [2.75, 3.05) is 27.2 Å². The summed E-state index contributed by atoms with van der Waals surface area (Å²) in [6, 6.07) is 2.49. The second kappa shape index (κ2) is 8.93. The van der Waals surface area contributed by atoms with Gasteiger partial charge in [-0.05, 0) is 45.4 Å². The van der Waals surface area contributed by atoms with Crippen LogP contribution in [0.15, 0.2) is 33.0 Å². The van der Waals surface area contributed by atoms with Gasteiger partial charge in [0.05, 0.1) is 28.1 Å². The van der Waals surface area contributed by atoms with Crippen molar-refractivity contribution in [3.05, 3.63) is 55.8 Å². The van der Waals surface area contributed by atoms with Crippen LogP contribution in [0.25, 0.3) is 11.7 Å². The van der Waals surface area contributed by atoms with Crippen molar-refractivity contribution >= 4 is 29.4 Å². The number of fused-ring (bicyclic) bond motifs is 1. The van der Waals surface area contributed by atoms with Crippen LogP contribution in [-0.2, 0) is 4.79 Å². The third-order valence-electron chi connectivity index (χ3n) is 6.96. The number of likely N-dealkylation sites (N-methyl/N-ethyl adjacent to an activating group) is 2. The Kier molecular flexibility index (Phi) is 5.72. The Labute approximate surface area is 210 Å². The molecule has 0 radical (unpaired) electrons. The van der Waals surface area contributed by atoms with Gasteiger partial charge in [-0.2, -0.15) is 9.61 Å². The summed E-state index contributed by atoms with van der Waals surface area (Å²) in [5, 5.41) is 15.1. The van der Waals surface area contributed by atoms with E-state index in [2.05, 4.69) is 27.0 Å². The van der Waals surface area contributed by atoms with E-state index in [1.54, 1.807) is 28.6 Å². The van der Waals surface area contributed by atoms with Crippen molar-refractivity contribution in [2.24, 2.45) is 4.99 Å². The molecule has 1 saturated carbocycles. The van der Waals surface area contributed by atoms with Crippen molar-refractivity contribution in [3.8, 4) is 5.88 Å². The molecular formula is C24H28N8O3S. The first-order valence-corrected chi connectivity index (χ1v) is 13.0. The Morgan fingerprint density at radius 3 is 2.86 bits per heavy atom. The number of hydrogen-bond acceptors (Lipinski definition) is 8. The molecule has 0 spiro atoms. The molecule has 11 nitrogen and oxygen atoms in total. The lowest BCUT2D eigenvalue weighted by atomic mass is 10.2. The first kappa shape index (κ1) is 23.0. The minimum absolute atomic E-state index is 0.00928. The van der Waals surface area contributed by atoms with Gasteiger partial charge in [0.15, 0.2) is 11.1 Å². The number of aromatic nitrogens is 5. The van der Waals surface area contributed by atoms with Crippen molar-refractivity contribution in [1.82, 2.24) is 34.4 Å². The molecule has 5 heterocycles. The highest BCUT2D eigenvalue weighted by molar-refractivity contribution is 8.04. The highest BCUT2D eigenvalue weighted by Gasteiger charge is 2.32. The molecule has 2 atom stereocenters. The molecule has 36 heavy (non-hydrogen) atoms. The third-order valence-corrected chi connectivity index (χ3v) is 8.27. The molecule has 2 fully saturated rings. The SMILES string of the molecule is CN1CCC(N(C)C(=O)C2=CCC(c3cc(=NC4CC4)n4ncc(=Cc5[nH]c(=O)[nH]c5O)c4n3)S2)C1. The van der Waals surface area contributed by atoms with Gasteiger partial charge in [-0.1, -0.05) is 6.08 Å². The molecule has 0 aromatic carbocycles. The topological polar surface area (TPSA) is 135 Å². The zero-order chi connectivity index (χ0) is 25.0. The summed E-state index contributed by atoms with van der Waals surface area (Å²) in [6.45, 7) is 1.91. The molecule has 1 amide bonds. The molecule has 2 aliphatic heterocycles. The summed E-state index contributed by atoms with van der Waals surface area (Å²) in [6.07, 6.45) is 9.10. The van der Waals surface area contributed by atoms with Gasteiger partial charge in [0.25, 0.3) is 5.91 Å². The first-order valence-electron chi connectivity index (χ1n) is 12.1. The van der Waals surface area contributed by atoms with Crippen LogP contribution in [0.3, 0.4) is 0 Å².